The van der Waals surface area contributed by atoms with Gasteiger partial charge in [-0.1, -0.05) is 44.2 Å². The van der Waals surface area contributed by atoms with Gasteiger partial charge in [-0.3, -0.25) is 4.79 Å². The molecule has 28 heavy (non-hydrogen) atoms. The Balaban J connectivity index is 2.09. The predicted molar refractivity (Wildman–Crippen MR) is 109 cm³/mol. The van der Waals surface area contributed by atoms with Crippen LogP contribution in [0, 0.1) is 0 Å². The molecule has 0 atom stereocenters. The number of hydrogen-bond acceptors (Lipinski definition) is 5. The second-order valence-corrected chi connectivity index (χ2v) is 6.81. The summed E-state index contributed by atoms with van der Waals surface area (Å²) in [7, 11) is 1.58. The Morgan fingerprint density at radius 3 is 2.43 bits per heavy atom. The van der Waals surface area contributed by atoms with Crippen LogP contribution in [0.3, 0.4) is 0 Å². The van der Waals surface area contributed by atoms with Crippen LogP contribution in [0.15, 0.2) is 42.5 Å². The molecule has 0 radical (unpaired) electrons. The van der Waals surface area contributed by atoms with E-state index in [9.17, 15) is 4.79 Å². The van der Waals surface area contributed by atoms with Crippen LogP contribution in [-0.4, -0.2) is 26.5 Å². The summed E-state index contributed by atoms with van der Waals surface area (Å²) in [5.74, 6) is 1.65. The third kappa shape index (κ3) is 6.89. The molecule has 0 heterocycles. The lowest BCUT2D eigenvalue weighted by atomic mass is 10.0. The summed E-state index contributed by atoms with van der Waals surface area (Å²) in [6, 6.07) is 14.0. The highest BCUT2D eigenvalue weighted by molar-refractivity contribution is 5.69. The van der Waals surface area contributed by atoms with Gasteiger partial charge in [0.05, 0.1) is 6.61 Å². The quantitative estimate of drug-likeness (QED) is 0.407. The molecule has 0 unspecified atom stereocenters. The molecule has 2 rings (SSSR count). The maximum Gasteiger partial charge on any atom is 0.306 e. The summed E-state index contributed by atoms with van der Waals surface area (Å²) in [6.45, 7) is 7.15. The zero-order valence-corrected chi connectivity index (χ0v) is 17.2. The van der Waals surface area contributed by atoms with Gasteiger partial charge in [0.25, 0.3) is 0 Å². The first-order valence-corrected chi connectivity index (χ1v) is 9.65. The van der Waals surface area contributed by atoms with Crippen LogP contribution in [0.1, 0.15) is 49.8 Å². The highest BCUT2D eigenvalue weighted by atomic mass is 16.7. The molecule has 2 aromatic carbocycles. The monoisotopic (exact) mass is 386 g/mol. The van der Waals surface area contributed by atoms with Crippen LogP contribution in [0.5, 0.6) is 11.5 Å². The fourth-order valence-electron chi connectivity index (χ4n) is 2.72. The minimum Gasteiger partial charge on any atom is -0.488 e. The fraction of sp³-hybridized carbons (Fsp3) is 0.435. The van der Waals surface area contributed by atoms with Crippen molar-refractivity contribution in [3.05, 3.63) is 59.2 Å². The van der Waals surface area contributed by atoms with E-state index in [4.69, 9.17) is 18.9 Å². The lowest BCUT2D eigenvalue weighted by Crippen LogP contribution is -2.07. The number of aryl methyl sites for hydroxylation is 1. The SMILES string of the molecule is CCOC(=O)CCc1ccc(OCOC)cc1OCc1ccc(C(C)C)cc1. The first-order valence-electron chi connectivity index (χ1n) is 9.65. The summed E-state index contributed by atoms with van der Waals surface area (Å²) in [5.41, 5.74) is 3.33. The summed E-state index contributed by atoms with van der Waals surface area (Å²) in [5, 5.41) is 0. The van der Waals surface area contributed by atoms with Gasteiger partial charge in [0.15, 0.2) is 6.79 Å². The number of hydrogen-bond donors (Lipinski definition) is 0. The highest BCUT2D eigenvalue weighted by Gasteiger charge is 2.10. The van der Waals surface area contributed by atoms with Crippen molar-refractivity contribution in [2.24, 2.45) is 0 Å². The molecule has 0 spiro atoms. The van der Waals surface area contributed by atoms with Gasteiger partial charge in [-0.25, -0.2) is 0 Å². The first kappa shape index (κ1) is 21.8. The van der Waals surface area contributed by atoms with E-state index in [-0.39, 0.29) is 12.8 Å². The van der Waals surface area contributed by atoms with E-state index in [2.05, 4.69) is 38.1 Å². The Kier molecular flexibility index (Phi) is 8.82. The van der Waals surface area contributed by atoms with Crippen LogP contribution < -0.4 is 9.47 Å². The van der Waals surface area contributed by atoms with E-state index in [1.165, 1.54) is 5.56 Å². The van der Waals surface area contributed by atoms with Crippen LogP contribution >= 0.6 is 0 Å². The van der Waals surface area contributed by atoms with Crippen molar-refractivity contribution in [3.8, 4) is 11.5 Å². The van der Waals surface area contributed by atoms with Crippen molar-refractivity contribution in [1.82, 2.24) is 0 Å². The van der Waals surface area contributed by atoms with Crippen molar-refractivity contribution in [2.75, 3.05) is 20.5 Å². The third-order valence-electron chi connectivity index (χ3n) is 4.33. The smallest absolute Gasteiger partial charge is 0.306 e. The second kappa shape index (κ2) is 11.3. The Morgan fingerprint density at radius 2 is 1.79 bits per heavy atom. The maximum atomic E-state index is 11.7. The van der Waals surface area contributed by atoms with Gasteiger partial charge in [0.1, 0.15) is 18.1 Å². The molecule has 0 aliphatic heterocycles. The van der Waals surface area contributed by atoms with E-state index >= 15 is 0 Å². The molecule has 2 aromatic rings. The van der Waals surface area contributed by atoms with Crippen molar-refractivity contribution in [1.29, 1.82) is 0 Å². The van der Waals surface area contributed by atoms with Crippen molar-refractivity contribution in [3.63, 3.8) is 0 Å². The van der Waals surface area contributed by atoms with Gasteiger partial charge in [-0.2, -0.15) is 0 Å². The number of methoxy groups -OCH3 is 1. The standard InChI is InChI=1S/C23H30O5/c1-5-26-23(24)13-11-20-10-12-21(28-16-25-4)14-22(20)27-15-18-6-8-19(9-7-18)17(2)3/h6-10,12,14,17H,5,11,13,15-16H2,1-4H3. The van der Waals surface area contributed by atoms with Gasteiger partial charge < -0.3 is 18.9 Å². The summed E-state index contributed by atoms with van der Waals surface area (Å²) in [6.07, 6.45) is 0.858. The van der Waals surface area contributed by atoms with Gasteiger partial charge in [0.2, 0.25) is 0 Å². The normalized spacial score (nSPS) is 10.8. The average Bonchev–Trinajstić information content (AvgIpc) is 2.70. The molecule has 0 amide bonds. The zero-order valence-electron chi connectivity index (χ0n) is 17.2. The Labute approximate surface area is 167 Å². The van der Waals surface area contributed by atoms with Crippen molar-refractivity contribution in [2.45, 2.75) is 46.1 Å². The number of esters is 1. The van der Waals surface area contributed by atoms with Crippen molar-refractivity contribution < 1.29 is 23.7 Å². The molecule has 0 aliphatic carbocycles. The largest absolute Gasteiger partial charge is 0.488 e. The number of carbonyl (C=O) groups is 1. The number of benzene rings is 2. The van der Waals surface area contributed by atoms with Gasteiger partial charge in [-0.15, -0.1) is 0 Å². The molecule has 0 aliphatic rings. The Morgan fingerprint density at radius 1 is 1.04 bits per heavy atom. The summed E-state index contributed by atoms with van der Waals surface area (Å²) < 4.78 is 21.6. The first-order chi connectivity index (χ1) is 13.5. The van der Waals surface area contributed by atoms with Crippen LogP contribution in [0.4, 0.5) is 0 Å². The minimum atomic E-state index is -0.211. The number of carbonyl (C=O) groups excluding carboxylic acids is 1. The maximum absolute atomic E-state index is 11.7. The van der Waals surface area contributed by atoms with E-state index < -0.39 is 0 Å². The van der Waals surface area contributed by atoms with E-state index in [1.807, 2.05) is 18.2 Å². The van der Waals surface area contributed by atoms with Crippen LogP contribution in [0.25, 0.3) is 0 Å². The Bertz CT molecular complexity index is 737. The number of rotatable bonds is 11. The lowest BCUT2D eigenvalue weighted by molar-refractivity contribution is -0.143. The van der Waals surface area contributed by atoms with Gasteiger partial charge >= 0.3 is 5.97 Å². The van der Waals surface area contributed by atoms with Crippen molar-refractivity contribution >= 4 is 5.97 Å². The Hall–Kier alpha value is -2.53. The summed E-state index contributed by atoms with van der Waals surface area (Å²) in [4.78, 5) is 11.7. The molecule has 5 nitrogen and oxygen atoms in total. The third-order valence-corrected chi connectivity index (χ3v) is 4.33. The summed E-state index contributed by atoms with van der Waals surface area (Å²) >= 11 is 0. The topological polar surface area (TPSA) is 54.0 Å². The molecule has 0 aromatic heterocycles. The van der Waals surface area contributed by atoms with Crippen LogP contribution in [0.2, 0.25) is 0 Å². The predicted octanol–water partition coefficient (Wildman–Crippen LogP) is 4.87. The lowest BCUT2D eigenvalue weighted by Gasteiger charge is -2.14. The van der Waals surface area contributed by atoms with Gasteiger partial charge in [0, 0.05) is 19.6 Å². The van der Waals surface area contributed by atoms with E-state index in [1.54, 1.807) is 14.0 Å². The number of ether oxygens (including phenoxy) is 4. The molecular weight excluding hydrogens is 356 g/mol. The molecule has 152 valence electrons. The average molecular weight is 386 g/mol. The minimum absolute atomic E-state index is 0.165. The van der Waals surface area contributed by atoms with E-state index in [0.29, 0.717) is 43.5 Å². The molecule has 0 N–H and O–H groups in total. The highest BCUT2D eigenvalue weighted by Crippen LogP contribution is 2.27. The van der Waals surface area contributed by atoms with Gasteiger partial charge in [-0.05, 0) is 42.0 Å². The zero-order chi connectivity index (χ0) is 20.4. The molecular formula is C23H30O5. The second-order valence-electron chi connectivity index (χ2n) is 6.81. The molecule has 0 fully saturated rings. The molecule has 0 bridgehead atoms. The molecule has 0 saturated carbocycles. The molecule has 5 heteroatoms. The van der Waals surface area contributed by atoms with Crippen LogP contribution in [-0.2, 0) is 27.3 Å². The molecule has 0 saturated heterocycles. The van der Waals surface area contributed by atoms with E-state index in [0.717, 1.165) is 11.1 Å². The fourth-order valence-corrected chi connectivity index (χ4v) is 2.72.